The van der Waals surface area contributed by atoms with Crippen LogP contribution in [0.1, 0.15) is 38.7 Å². The van der Waals surface area contributed by atoms with E-state index < -0.39 is 5.97 Å². The van der Waals surface area contributed by atoms with Gasteiger partial charge in [0.25, 0.3) is 0 Å². The van der Waals surface area contributed by atoms with E-state index in [1.165, 1.54) is 0 Å². The van der Waals surface area contributed by atoms with Gasteiger partial charge in [-0.2, -0.15) is 0 Å². The number of rotatable bonds is 5. The molecule has 0 aliphatic carbocycles. The lowest BCUT2D eigenvalue weighted by atomic mass is 9.82. The van der Waals surface area contributed by atoms with Crippen molar-refractivity contribution in [1.82, 2.24) is 0 Å². The zero-order valence-electron chi connectivity index (χ0n) is 10.5. The number of carboxylic acids is 1. The fraction of sp³-hybridized carbons (Fsp3) is 0.500. The molecule has 0 saturated carbocycles. The summed E-state index contributed by atoms with van der Waals surface area (Å²) in [6, 6.07) is 7.90. The van der Waals surface area contributed by atoms with Gasteiger partial charge < -0.3 is 5.11 Å². The minimum Gasteiger partial charge on any atom is -0.481 e. The first-order valence-corrected chi connectivity index (χ1v) is 6.69. The van der Waals surface area contributed by atoms with Gasteiger partial charge in [0, 0.05) is 4.47 Å². The standard InChI is InChI=1S/C14H19BrO2/c1-9(2)8-13(14(16)17)10(3)11-4-6-12(15)7-5-11/h4-7,9-10,13H,8H2,1-3H3,(H,16,17). The number of benzene rings is 1. The topological polar surface area (TPSA) is 37.3 Å². The molecule has 0 aliphatic heterocycles. The van der Waals surface area contributed by atoms with Gasteiger partial charge in [-0.15, -0.1) is 0 Å². The average molecular weight is 299 g/mol. The van der Waals surface area contributed by atoms with Crippen LogP contribution in [0.15, 0.2) is 28.7 Å². The van der Waals surface area contributed by atoms with E-state index >= 15 is 0 Å². The monoisotopic (exact) mass is 298 g/mol. The van der Waals surface area contributed by atoms with Crippen LogP contribution < -0.4 is 0 Å². The number of hydrogen-bond donors (Lipinski definition) is 1. The second-order valence-corrected chi connectivity index (χ2v) is 5.83. The minimum atomic E-state index is -0.700. The fourth-order valence-corrected chi connectivity index (χ4v) is 2.29. The second kappa shape index (κ2) is 6.20. The lowest BCUT2D eigenvalue weighted by molar-refractivity contribution is -0.143. The summed E-state index contributed by atoms with van der Waals surface area (Å²) in [6.07, 6.45) is 0.715. The Morgan fingerprint density at radius 3 is 2.18 bits per heavy atom. The summed E-state index contributed by atoms with van der Waals surface area (Å²) in [5.74, 6) is -0.567. The van der Waals surface area contributed by atoms with Crippen molar-refractivity contribution in [2.75, 3.05) is 0 Å². The van der Waals surface area contributed by atoms with Gasteiger partial charge in [0.15, 0.2) is 0 Å². The summed E-state index contributed by atoms with van der Waals surface area (Å²) in [5, 5.41) is 9.30. The van der Waals surface area contributed by atoms with Crippen LogP contribution in [0.3, 0.4) is 0 Å². The summed E-state index contributed by atoms with van der Waals surface area (Å²) in [6.45, 7) is 6.11. The van der Waals surface area contributed by atoms with Gasteiger partial charge in [0.2, 0.25) is 0 Å². The molecule has 0 saturated heterocycles. The third-order valence-electron chi connectivity index (χ3n) is 3.04. The van der Waals surface area contributed by atoms with Gasteiger partial charge in [-0.1, -0.05) is 48.8 Å². The quantitative estimate of drug-likeness (QED) is 0.880. The van der Waals surface area contributed by atoms with Gasteiger partial charge >= 0.3 is 5.97 Å². The van der Waals surface area contributed by atoms with Crippen LogP contribution >= 0.6 is 15.9 Å². The molecule has 1 rings (SSSR count). The van der Waals surface area contributed by atoms with Crippen molar-refractivity contribution >= 4 is 21.9 Å². The van der Waals surface area contributed by atoms with Crippen molar-refractivity contribution in [3.05, 3.63) is 34.3 Å². The number of hydrogen-bond acceptors (Lipinski definition) is 1. The van der Waals surface area contributed by atoms with Gasteiger partial charge in [-0.05, 0) is 36.0 Å². The first-order valence-electron chi connectivity index (χ1n) is 5.90. The van der Waals surface area contributed by atoms with Crippen molar-refractivity contribution in [2.24, 2.45) is 11.8 Å². The van der Waals surface area contributed by atoms with E-state index in [2.05, 4.69) is 29.8 Å². The normalized spacial score (nSPS) is 14.6. The molecule has 2 unspecified atom stereocenters. The lowest BCUT2D eigenvalue weighted by Crippen LogP contribution is -2.22. The Balaban J connectivity index is 2.87. The molecule has 0 radical (unpaired) electrons. The molecule has 0 heterocycles. The molecule has 0 aromatic heterocycles. The van der Waals surface area contributed by atoms with Gasteiger partial charge in [0.1, 0.15) is 0 Å². The SMILES string of the molecule is CC(C)CC(C(=O)O)C(C)c1ccc(Br)cc1. The Morgan fingerprint density at radius 1 is 1.24 bits per heavy atom. The van der Waals surface area contributed by atoms with Crippen LogP contribution in [0.5, 0.6) is 0 Å². The predicted octanol–water partition coefficient (Wildman–Crippen LogP) is 4.30. The highest BCUT2D eigenvalue weighted by atomic mass is 79.9. The maximum absolute atomic E-state index is 11.3. The Morgan fingerprint density at radius 2 is 1.76 bits per heavy atom. The first-order chi connectivity index (χ1) is 7.91. The zero-order chi connectivity index (χ0) is 13.0. The van der Waals surface area contributed by atoms with E-state index in [9.17, 15) is 9.90 Å². The average Bonchev–Trinajstić information content (AvgIpc) is 2.25. The number of carboxylic acid groups (broad SMARTS) is 1. The van der Waals surface area contributed by atoms with E-state index in [1.807, 2.05) is 31.2 Å². The van der Waals surface area contributed by atoms with Crippen LogP contribution in [0.4, 0.5) is 0 Å². The summed E-state index contributed by atoms with van der Waals surface area (Å²) in [7, 11) is 0. The van der Waals surface area contributed by atoms with E-state index in [4.69, 9.17) is 0 Å². The second-order valence-electron chi connectivity index (χ2n) is 4.91. The van der Waals surface area contributed by atoms with Crippen LogP contribution in [0, 0.1) is 11.8 Å². The summed E-state index contributed by atoms with van der Waals surface area (Å²) < 4.78 is 1.02. The maximum atomic E-state index is 11.3. The highest BCUT2D eigenvalue weighted by Gasteiger charge is 2.26. The zero-order valence-corrected chi connectivity index (χ0v) is 12.1. The van der Waals surface area contributed by atoms with E-state index in [1.54, 1.807) is 0 Å². The Bertz CT molecular complexity index is 370. The van der Waals surface area contributed by atoms with Gasteiger partial charge in [-0.25, -0.2) is 0 Å². The molecule has 2 nitrogen and oxygen atoms in total. The number of halogens is 1. The molecule has 0 aliphatic rings. The molecule has 1 aromatic rings. The molecule has 94 valence electrons. The Kier molecular flexibility index (Phi) is 5.19. The predicted molar refractivity (Wildman–Crippen MR) is 73.1 cm³/mol. The van der Waals surface area contributed by atoms with Gasteiger partial charge in [-0.3, -0.25) is 4.79 Å². The molecule has 0 fully saturated rings. The molecule has 0 spiro atoms. The highest BCUT2D eigenvalue weighted by Crippen LogP contribution is 2.30. The van der Waals surface area contributed by atoms with E-state index in [-0.39, 0.29) is 11.8 Å². The Labute approximate surface area is 111 Å². The minimum absolute atomic E-state index is 0.0444. The molecule has 3 heteroatoms. The molecule has 0 amide bonds. The fourth-order valence-electron chi connectivity index (χ4n) is 2.03. The largest absolute Gasteiger partial charge is 0.481 e. The molecule has 2 atom stereocenters. The van der Waals surface area contributed by atoms with E-state index in [0.29, 0.717) is 12.3 Å². The van der Waals surface area contributed by atoms with Crippen molar-refractivity contribution in [3.8, 4) is 0 Å². The molecule has 1 N–H and O–H groups in total. The number of carbonyl (C=O) groups is 1. The summed E-state index contributed by atoms with van der Waals surface area (Å²) in [5.41, 5.74) is 1.08. The highest BCUT2D eigenvalue weighted by molar-refractivity contribution is 9.10. The van der Waals surface area contributed by atoms with Crippen molar-refractivity contribution in [2.45, 2.75) is 33.1 Å². The molecular formula is C14H19BrO2. The molecule has 0 bridgehead atoms. The van der Waals surface area contributed by atoms with Crippen molar-refractivity contribution in [1.29, 1.82) is 0 Å². The van der Waals surface area contributed by atoms with Crippen molar-refractivity contribution in [3.63, 3.8) is 0 Å². The molecule has 17 heavy (non-hydrogen) atoms. The Hall–Kier alpha value is -0.830. The first kappa shape index (κ1) is 14.2. The van der Waals surface area contributed by atoms with Crippen LogP contribution in [-0.2, 0) is 4.79 Å². The van der Waals surface area contributed by atoms with Crippen LogP contribution in [0.2, 0.25) is 0 Å². The van der Waals surface area contributed by atoms with Crippen LogP contribution in [0.25, 0.3) is 0 Å². The third-order valence-corrected chi connectivity index (χ3v) is 3.57. The maximum Gasteiger partial charge on any atom is 0.307 e. The van der Waals surface area contributed by atoms with E-state index in [0.717, 1.165) is 10.0 Å². The smallest absolute Gasteiger partial charge is 0.307 e. The van der Waals surface area contributed by atoms with Gasteiger partial charge in [0.05, 0.1) is 5.92 Å². The molecule has 1 aromatic carbocycles. The van der Waals surface area contributed by atoms with Crippen LogP contribution in [-0.4, -0.2) is 11.1 Å². The number of aliphatic carboxylic acids is 1. The molecular weight excluding hydrogens is 280 g/mol. The lowest BCUT2D eigenvalue weighted by Gasteiger charge is -2.22. The van der Waals surface area contributed by atoms with Crippen molar-refractivity contribution < 1.29 is 9.90 Å². The summed E-state index contributed by atoms with van der Waals surface area (Å²) >= 11 is 3.38. The third kappa shape index (κ3) is 4.15. The summed E-state index contributed by atoms with van der Waals surface area (Å²) in [4.78, 5) is 11.3.